The molecule has 2 aliphatic rings. The SMILES string of the molecule is O=[N+]([O-])c1ccc2nc(N3C[C@H]4CNC[C@H]4C3)ccc2c1. The second kappa shape index (κ2) is 4.66. The predicted molar refractivity (Wildman–Crippen MR) is 80.5 cm³/mol. The molecule has 4 rings (SSSR count). The zero-order valence-electron chi connectivity index (χ0n) is 11.5. The Labute approximate surface area is 121 Å². The molecule has 6 nitrogen and oxygen atoms in total. The number of anilines is 1. The summed E-state index contributed by atoms with van der Waals surface area (Å²) in [5.41, 5.74) is 0.923. The molecule has 6 heteroatoms. The van der Waals surface area contributed by atoms with Gasteiger partial charge in [0.05, 0.1) is 10.4 Å². The van der Waals surface area contributed by atoms with E-state index in [0.29, 0.717) is 0 Å². The van der Waals surface area contributed by atoms with Gasteiger partial charge in [0.25, 0.3) is 5.69 Å². The third-order valence-electron chi connectivity index (χ3n) is 4.58. The Balaban J connectivity index is 1.65. The average molecular weight is 284 g/mol. The van der Waals surface area contributed by atoms with Gasteiger partial charge in [0.2, 0.25) is 0 Å². The number of aromatic nitrogens is 1. The molecule has 1 aromatic carbocycles. The molecule has 1 N–H and O–H groups in total. The fourth-order valence-electron chi connectivity index (χ4n) is 3.43. The summed E-state index contributed by atoms with van der Waals surface area (Å²) >= 11 is 0. The Kier molecular flexibility index (Phi) is 2.78. The fraction of sp³-hybridized carbons (Fsp3) is 0.400. The van der Waals surface area contributed by atoms with E-state index in [9.17, 15) is 10.1 Å². The van der Waals surface area contributed by atoms with Gasteiger partial charge in [0.15, 0.2) is 0 Å². The maximum absolute atomic E-state index is 10.8. The molecule has 2 saturated heterocycles. The maximum Gasteiger partial charge on any atom is 0.270 e. The van der Waals surface area contributed by atoms with E-state index in [1.807, 2.05) is 12.1 Å². The van der Waals surface area contributed by atoms with Crippen molar-refractivity contribution in [3.63, 3.8) is 0 Å². The molecule has 2 fully saturated rings. The Bertz CT molecular complexity index is 706. The number of pyridine rings is 1. The van der Waals surface area contributed by atoms with Crippen LogP contribution in [0.4, 0.5) is 11.5 Å². The molecule has 3 heterocycles. The standard InChI is InChI=1S/C15H16N4O2/c20-19(21)13-2-3-14-10(5-13)1-4-15(17-14)18-8-11-6-16-7-12(11)9-18/h1-5,11-12,16H,6-9H2/t11-,12+. The van der Waals surface area contributed by atoms with E-state index in [1.54, 1.807) is 12.1 Å². The number of nitro benzene ring substituents is 1. The topological polar surface area (TPSA) is 71.3 Å². The number of nitrogens with one attached hydrogen (secondary N) is 1. The minimum absolute atomic E-state index is 0.110. The van der Waals surface area contributed by atoms with Gasteiger partial charge in [-0.25, -0.2) is 4.98 Å². The summed E-state index contributed by atoms with van der Waals surface area (Å²) in [6, 6.07) is 8.73. The fourth-order valence-corrected chi connectivity index (χ4v) is 3.43. The molecule has 0 amide bonds. The molecule has 2 aliphatic heterocycles. The van der Waals surface area contributed by atoms with Gasteiger partial charge in [0, 0.05) is 43.7 Å². The highest BCUT2D eigenvalue weighted by Gasteiger charge is 2.36. The normalized spacial score (nSPS) is 24.5. The quantitative estimate of drug-likeness (QED) is 0.672. The molecule has 2 aromatic rings. The Morgan fingerprint density at radius 3 is 2.67 bits per heavy atom. The first-order chi connectivity index (χ1) is 10.2. The van der Waals surface area contributed by atoms with E-state index in [0.717, 1.165) is 54.7 Å². The largest absolute Gasteiger partial charge is 0.356 e. The Morgan fingerprint density at radius 1 is 1.19 bits per heavy atom. The highest BCUT2D eigenvalue weighted by atomic mass is 16.6. The molecule has 0 unspecified atom stereocenters. The lowest BCUT2D eigenvalue weighted by molar-refractivity contribution is -0.384. The number of hydrogen-bond donors (Lipinski definition) is 1. The third-order valence-corrected chi connectivity index (χ3v) is 4.58. The van der Waals surface area contributed by atoms with Gasteiger partial charge < -0.3 is 10.2 Å². The number of benzene rings is 1. The van der Waals surface area contributed by atoms with Crippen molar-refractivity contribution in [3.05, 3.63) is 40.4 Å². The molecular formula is C15H16N4O2. The van der Waals surface area contributed by atoms with Gasteiger partial charge in [-0.3, -0.25) is 10.1 Å². The first-order valence-corrected chi connectivity index (χ1v) is 7.21. The van der Waals surface area contributed by atoms with Crippen LogP contribution in [0.25, 0.3) is 10.9 Å². The monoisotopic (exact) mass is 284 g/mol. The van der Waals surface area contributed by atoms with E-state index >= 15 is 0 Å². The lowest BCUT2D eigenvalue weighted by atomic mass is 10.0. The van der Waals surface area contributed by atoms with Crippen LogP contribution in [0.2, 0.25) is 0 Å². The van der Waals surface area contributed by atoms with Crippen LogP contribution < -0.4 is 10.2 Å². The van der Waals surface area contributed by atoms with E-state index in [1.165, 1.54) is 6.07 Å². The van der Waals surface area contributed by atoms with Crippen LogP contribution in [0, 0.1) is 22.0 Å². The van der Waals surface area contributed by atoms with Crippen LogP contribution in [-0.2, 0) is 0 Å². The van der Waals surface area contributed by atoms with Crippen LogP contribution in [0.5, 0.6) is 0 Å². The summed E-state index contributed by atoms with van der Waals surface area (Å²) in [5, 5.41) is 15.0. The van der Waals surface area contributed by atoms with E-state index in [4.69, 9.17) is 0 Å². The molecular weight excluding hydrogens is 268 g/mol. The van der Waals surface area contributed by atoms with Crippen LogP contribution in [0.15, 0.2) is 30.3 Å². The van der Waals surface area contributed by atoms with E-state index in [-0.39, 0.29) is 10.6 Å². The summed E-state index contributed by atoms with van der Waals surface area (Å²) in [6.45, 7) is 4.29. The van der Waals surface area contributed by atoms with Crippen LogP contribution in [0.1, 0.15) is 0 Å². The van der Waals surface area contributed by atoms with Crippen LogP contribution in [0.3, 0.4) is 0 Å². The average Bonchev–Trinajstić information content (AvgIpc) is 3.07. The second-order valence-electron chi connectivity index (χ2n) is 5.89. The number of non-ortho nitro benzene ring substituents is 1. The zero-order chi connectivity index (χ0) is 14.4. The number of nitro groups is 1. The summed E-state index contributed by atoms with van der Waals surface area (Å²) in [7, 11) is 0. The molecule has 0 spiro atoms. The second-order valence-corrected chi connectivity index (χ2v) is 5.89. The Morgan fingerprint density at radius 2 is 1.95 bits per heavy atom. The predicted octanol–water partition coefficient (Wildman–Crippen LogP) is 1.80. The third kappa shape index (κ3) is 2.12. The van der Waals surface area contributed by atoms with Crippen LogP contribution in [-0.4, -0.2) is 36.1 Å². The first kappa shape index (κ1) is 12.5. The molecule has 2 atom stereocenters. The molecule has 21 heavy (non-hydrogen) atoms. The highest BCUT2D eigenvalue weighted by Crippen LogP contribution is 2.30. The molecule has 0 saturated carbocycles. The smallest absolute Gasteiger partial charge is 0.270 e. The van der Waals surface area contributed by atoms with Crippen molar-refractivity contribution in [1.82, 2.24) is 10.3 Å². The van der Waals surface area contributed by atoms with Crippen molar-refractivity contribution in [3.8, 4) is 0 Å². The van der Waals surface area contributed by atoms with Crippen LogP contribution >= 0.6 is 0 Å². The Hall–Kier alpha value is -2.21. The number of nitrogens with zero attached hydrogens (tertiary/aromatic N) is 3. The maximum atomic E-state index is 10.8. The van der Waals surface area contributed by atoms with Gasteiger partial charge in [-0.15, -0.1) is 0 Å². The minimum Gasteiger partial charge on any atom is -0.356 e. The zero-order valence-corrected chi connectivity index (χ0v) is 11.5. The summed E-state index contributed by atoms with van der Waals surface area (Å²) < 4.78 is 0. The summed E-state index contributed by atoms with van der Waals surface area (Å²) in [6.07, 6.45) is 0. The molecule has 0 radical (unpaired) electrons. The molecule has 0 bridgehead atoms. The molecule has 1 aromatic heterocycles. The first-order valence-electron chi connectivity index (χ1n) is 7.21. The molecule has 0 aliphatic carbocycles. The van der Waals surface area contributed by atoms with Gasteiger partial charge in [-0.05, 0) is 30.0 Å². The number of hydrogen-bond acceptors (Lipinski definition) is 5. The van der Waals surface area contributed by atoms with Crippen molar-refractivity contribution in [1.29, 1.82) is 0 Å². The van der Waals surface area contributed by atoms with Crippen molar-refractivity contribution in [2.75, 3.05) is 31.1 Å². The van der Waals surface area contributed by atoms with Gasteiger partial charge in [-0.2, -0.15) is 0 Å². The van der Waals surface area contributed by atoms with Gasteiger partial charge in [-0.1, -0.05) is 0 Å². The van der Waals surface area contributed by atoms with Crippen molar-refractivity contribution >= 4 is 22.4 Å². The highest BCUT2D eigenvalue weighted by molar-refractivity contribution is 5.82. The van der Waals surface area contributed by atoms with Gasteiger partial charge in [0.1, 0.15) is 5.82 Å². The van der Waals surface area contributed by atoms with Crippen molar-refractivity contribution in [2.45, 2.75) is 0 Å². The molecule has 108 valence electrons. The van der Waals surface area contributed by atoms with Gasteiger partial charge >= 0.3 is 0 Å². The van der Waals surface area contributed by atoms with E-state index < -0.39 is 0 Å². The van der Waals surface area contributed by atoms with Crippen molar-refractivity contribution < 1.29 is 4.92 Å². The lowest BCUT2D eigenvalue weighted by Gasteiger charge is -2.18. The van der Waals surface area contributed by atoms with E-state index in [2.05, 4.69) is 15.2 Å². The number of fused-ring (bicyclic) bond motifs is 2. The number of rotatable bonds is 2. The summed E-state index contributed by atoms with van der Waals surface area (Å²) in [5.74, 6) is 2.42. The summed E-state index contributed by atoms with van der Waals surface area (Å²) in [4.78, 5) is 17.4. The minimum atomic E-state index is -0.373. The van der Waals surface area contributed by atoms with Crippen molar-refractivity contribution in [2.24, 2.45) is 11.8 Å². The lowest BCUT2D eigenvalue weighted by Crippen LogP contribution is -2.26.